The Morgan fingerprint density at radius 1 is 0.619 bits per heavy atom. The van der Waals surface area contributed by atoms with Gasteiger partial charge in [-0.15, -0.1) is 0 Å². The Hall–Kier alpha value is -1.69. The van der Waals surface area contributed by atoms with Crippen molar-refractivity contribution in [3.05, 3.63) is 59.7 Å². The molecule has 0 aliphatic carbocycles. The van der Waals surface area contributed by atoms with Crippen LogP contribution < -0.4 is 12.3 Å². The van der Waals surface area contributed by atoms with E-state index in [9.17, 15) is 8.42 Å². The molecule has 0 saturated carbocycles. The van der Waals surface area contributed by atoms with Crippen molar-refractivity contribution in [3.8, 4) is 0 Å². The molecule has 0 heterocycles. The fourth-order valence-corrected chi connectivity index (χ4v) is 2.83. The van der Waals surface area contributed by atoms with Crippen LogP contribution >= 0.6 is 0 Å². The summed E-state index contributed by atoms with van der Waals surface area (Å²) in [6, 6.07) is 13.8. The van der Waals surface area contributed by atoms with Gasteiger partial charge in [0.2, 0.25) is 9.84 Å². The maximum atomic E-state index is 12.3. The monoisotopic (exact) mass is 310 g/mol. The molecular formula is C16H26N2O2S. The molecule has 0 bridgehead atoms. The zero-order valence-electron chi connectivity index (χ0n) is 13.3. The number of rotatable bonds is 2. The van der Waals surface area contributed by atoms with Gasteiger partial charge in [-0.3, -0.25) is 0 Å². The standard InChI is InChI=1S/C14H14O2S.C2H6.2H3N/c1-11-3-7-13(8-4-11)17(15,16)14-9-5-12(2)6-10-14;1-2;;/h3-10H,1-2H3;1-2H3;2*1H3. The average Bonchev–Trinajstić information content (AvgIpc) is 2.42. The molecule has 2 aromatic carbocycles. The first-order valence-corrected chi connectivity index (χ1v) is 7.87. The maximum Gasteiger partial charge on any atom is 0.206 e. The zero-order chi connectivity index (χ0) is 14.5. The lowest BCUT2D eigenvalue weighted by molar-refractivity contribution is 0.596. The average molecular weight is 310 g/mol. The van der Waals surface area contributed by atoms with Gasteiger partial charge >= 0.3 is 0 Å². The lowest BCUT2D eigenvalue weighted by Crippen LogP contribution is -2.01. The van der Waals surface area contributed by atoms with Crippen LogP contribution in [0.15, 0.2) is 58.3 Å². The van der Waals surface area contributed by atoms with Crippen molar-refractivity contribution in [2.45, 2.75) is 37.5 Å². The summed E-state index contributed by atoms with van der Waals surface area (Å²) < 4.78 is 24.5. The molecule has 4 nitrogen and oxygen atoms in total. The Labute approximate surface area is 128 Å². The SMILES string of the molecule is CC.Cc1ccc(S(=O)(=O)c2ccc(C)cc2)cc1.N.N. The number of benzene rings is 2. The van der Waals surface area contributed by atoms with E-state index in [4.69, 9.17) is 0 Å². The van der Waals surface area contributed by atoms with E-state index in [2.05, 4.69) is 0 Å². The fraction of sp³-hybridized carbons (Fsp3) is 0.250. The first kappa shape index (κ1) is 21.6. The molecule has 0 aliphatic rings. The van der Waals surface area contributed by atoms with E-state index in [1.807, 2.05) is 27.7 Å². The minimum Gasteiger partial charge on any atom is -0.344 e. The third-order valence-electron chi connectivity index (χ3n) is 2.66. The van der Waals surface area contributed by atoms with Gasteiger partial charge in [0, 0.05) is 0 Å². The number of hydrogen-bond donors (Lipinski definition) is 2. The molecule has 0 radical (unpaired) electrons. The molecule has 118 valence electrons. The second-order valence-electron chi connectivity index (χ2n) is 4.13. The van der Waals surface area contributed by atoms with Crippen LogP contribution in [0.4, 0.5) is 0 Å². The highest BCUT2D eigenvalue weighted by Gasteiger charge is 2.16. The minimum absolute atomic E-state index is 0. The highest BCUT2D eigenvalue weighted by molar-refractivity contribution is 7.91. The molecule has 0 saturated heterocycles. The highest BCUT2D eigenvalue weighted by atomic mass is 32.2. The largest absolute Gasteiger partial charge is 0.344 e. The number of hydrogen-bond acceptors (Lipinski definition) is 4. The quantitative estimate of drug-likeness (QED) is 0.852. The smallest absolute Gasteiger partial charge is 0.206 e. The topological polar surface area (TPSA) is 104 Å². The Morgan fingerprint density at radius 3 is 1.10 bits per heavy atom. The van der Waals surface area contributed by atoms with Gasteiger partial charge in [0.1, 0.15) is 0 Å². The molecule has 0 spiro atoms. The molecule has 5 heteroatoms. The molecule has 0 aromatic heterocycles. The van der Waals surface area contributed by atoms with E-state index in [1.165, 1.54) is 0 Å². The summed E-state index contributed by atoms with van der Waals surface area (Å²) in [6.07, 6.45) is 0. The summed E-state index contributed by atoms with van der Waals surface area (Å²) in [5.74, 6) is 0. The van der Waals surface area contributed by atoms with Gasteiger partial charge < -0.3 is 12.3 Å². The van der Waals surface area contributed by atoms with E-state index in [-0.39, 0.29) is 12.3 Å². The molecule has 0 fully saturated rings. The van der Waals surface area contributed by atoms with Gasteiger partial charge in [0.05, 0.1) is 9.79 Å². The summed E-state index contributed by atoms with van der Waals surface area (Å²) in [7, 11) is -3.37. The maximum absolute atomic E-state index is 12.3. The van der Waals surface area contributed by atoms with Gasteiger partial charge in [0.15, 0.2) is 0 Å². The summed E-state index contributed by atoms with van der Waals surface area (Å²) in [5, 5.41) is 0. The summed E-state index contributed by atoms with van der Waals surface area (Å²) in [5.41, 5.74) is 2.10. The molecule has 2 rings (SSSR count). The molecule has 2 aromatic rings. The number of aryl methyl sites for hydroxylation is 2. The van der Waals surface area contributed by atoms with Crippen LogP contribution in [0.1, 0.15) is 25.0 Å². The molecule has 21 heavy (non-hydrogen) atoms. The van der Waals surface area contributed by atoms with Crippen LogP contribution in [0, 0.1) is 13.8 Å². The van der Waals surface area contributed by atoms with Gasteiger partial charge in [-0.05, 0) is 38.1 Å². The Kier molecular flexibility index (Phi) is 9.55. The third kappa shape index (κ3) is 5.30. The van der Waals surface area contributed by atoms with E-state index < -0.39 is 9.84 Å². The van der Waals surface area contributed by atoms with E-state index >= 15 is 0 Å². The van der Waals surface area contributed by atoms with Crippen molar-refractivity contribution in [2.75, 3.05) is 0 Å². The molecule has 0 amide bonds. The first-order valence-electron chi connectivity index (χ1n) is 6.38. The number of sulfone groups is 1. The van der Waals surface area contributed by atoms with Crippen molar-refractivity contribution in [3.63, 3.8) is 0 Å². The van der Waals surface area contributed by atoms with Crippen molar-refractivity contribution in [1.29, 1.82) is 0 Å². The normalized spacial score (nSPS) is 9.52. The van der Waals surface area contributed by atoms with Crippen molar-refractivity contribution >= 4 is 9.84 Å². The van der Waals surface area contributed by atoms with E-state index in [0.717, 1.165) is 11.1 Å². The Bertz CT molecular complexity index is 567. The predicted molar refractivity (Wildman–Crippen MR) is 89.2 cm³/mol. The molecule has 0 unspecified atom stereocenters. The van der Waals surface area contributed by atoms with E-state index in [1.54, 1.807) is 48.5 Å². The summed E-state index contributed by atoms with van der Waals surface area (Å²) in [6.45, 7) is 7.87. The summed E-state index contributed by atoms with van der Waals surface area (Å²) >= 11 is 0. The molecule has 0 atom stereocenters. The Balaban J connectivity index is 0. The first-order chi connectivity index (χ1) is 9.00. The molecule has 0 aliphatic heterocycles. The second-order valence-corrected chi connectivity index (χ2v) is 6.08. The van der Waals surface area contributed by atoms with Crippen LogP contribution in [0.3, 0.4) is 0 Å². The Morgan fingerprint density at radius 2 is 0.857 bits per heavy atom. The van der Waals surface area contributed by atoms with Crippen LogP contribution in [0.2, 0.25) is 0 Å². The van der Waals surface area contributed by atoms with Gasteiger partial charge in [-0.2, -0.15) is 0 Å². The van der Waals surface area contributed by atoms with Crippen molar-refractivity contribution in [1.82, 2.24) is 12.3 Å². The fourth-order valence-electron chi connectivity index (χ4n) is 1.57. The van der Waals surface area contributed by atoms with Crippen LogP contribution in [-0.4, -0.2) is 8.42 Å². The molecular weight excluding hydrogens is 284 g/mol. The highest BCUT2D eigenvalue weighted by Crippen LogP contribution is 2.21. The second kappa shape index (κ2) is 9.28. The lowest BCUT2D eigenvalue weighted by Gasteiger charge is -2.05. The van der Waals surface area contributed by atoms with Gasteiger partial charge in [0.25, 0.3) is 0 Å². The van der Waals surface area contributed by atoms with Gasteiger partial charge in [-0.25, -0.2) is 8.42 Å². The van der Waals surface area contributed by atoms with Crippen LogP contribution in [-0.2, 0) is 9.84 Å². The van der Waals surface area contributed by atoms with Crippen LogP contribution in [0.5, 0.6) is 0 Å². The van der Waals surface area contributed by atoms with Crippen molar-refractivity contribution in [2.24, 2.45) is 0 Å². The third-order valence-corrected chi connectivity index (χ3v) is 4.45. The molecule has 6 N–H and O–H groups in total. The zero-order valence-corrected chi connectivity index (χ0v) is 14.1. The predicted octanol–water partition coefficient (Wildman–Crippen LogP) is 4.49. The van der Waals surface area contributed by atoms with E-state index in [0.29, 0.717) is 9.79 Å². The lowest BCUT2D eigenvalue weighted by atomic mass is 10.2. The van der Waals surface area contributed by atoms with Crippen LogP contribution in [0.25, 0.3) is 0 Å². The van der Waals surface area contributed by atoms with Gasteiger partial charge in [-0.1, -0.05) is 49.2 Å². The van der Waals surface area contributed by atoms with Crippen molar-refractivity contribution < 1.29 is 8.42 Å². The minimum atomic E-state index is -3.37. The summed E-state index contributed by atoms with van der Waals surface area (Å²) in [4.78, 5) is 0.680.